The van der Waals surface area contributed by atoms with Crippen molar-refractivity contribution in [3.8, 4) is 11.6 Å². The molecule has 1 aromatic carbocycles. The monoisotopic (exact) mass is 397 g/mol. The van der Waals surface area contributed by atoms with Crippen LogP contribution < -0.4 is 4.74 Å². The molecule has 0 atom stereocenters. The molecule has 0 aliphatic carbocycles. The van der Waals surface area contributed by atoms with Gasteiger partial charge in [-0.25, -0.2) is 9.78 Å². The quantitative estimate of drug-likeness (QED) is 0.657. The average molecular weight is 399 g/mol. The van der Waals surface area contributed by atoms with Gasteiger partial charge in [0.15, 0.2) is 0 Å². The summed E-state index contributed by atoms with van der Waals surface area (Å²) in [6, 6.07) is 3.50. The number of nitrogens with zero attached hydrogens (tertiary/aromatic N) is 1. The van der Waals surface area contributed by atoms with Gasteiger partial charge in [0.1, 0.15) is 11.3 Å². The third kappa shape index (κ3) is 3.51. The maximum Gasteiger partial charge on any atom is 0.344 e. The Morgan fingerprint density at radius 1 is 1.17 bits per heavy atom. The molecule has 1 heterocycles. The van der Waals surface area contributed by atoms with Crippen LogP contribution in [0.3, 0.4) is 0 Å². The fourth-order valence-corrected chi connectivity index (χ4v) is 2.92. The van der Waals surface area contributed by atoms with Gasteiger partial charge in [0.25, 0.3) is 0 Å². The molecule has 2 rings (SSSR count). The third-order valence-corrected chi connectivity index (χ3v) is 5.14. The molecule has 0 N–H and O–H groups in total. The molecular formula is C17H17BrClNO3. The fraction of sp³-hybridized carbons (Fsp3) is 0.294. The van der Waals surface area contributed by atoms with Crippen LogP contribution in [0.5, 0.6) is 11.6 Å². The van der Waals surface area contributed by atoms with E-state index in [1.807, 2.05) is 26.8 Å². The smallest absolute Gasteiger partial charge is 0.344 e. The number of carbonyl (C=O) groups excluding carboxylic acids is 1. The second kappa shape index (κ2) is 6.89. The summed E-state index contributed by atoms with van der Waals surface area (Å²) in [5.41, 5.74) is 3.83. The molecule has 23 heavy (non-hydrogen) atoms. The topological polar surface area (TPSA) is 48.4 Å². The van der Waals surface area contributed by atoms with Gasteiger partial charge in [-0.3, -0.25) is 0 Å². The molecule has 122 valence electrons. The minimum Gasteiger partial charge on any atom is -0.465 e. The van der Waals surface area contributed by atoms with E-state index in [1.54, 1.807) is 13.0 Å². The Morgan fingerprint density at radius 3 is 2.43 bits per heavy atom. The number of methoxy groups -OCH3 is 1. The first kappa shape index (κ1) is 17.8. The SMILES string of the molecule is COC(=O)c1c(Cl)cc(C)nc1Oc1cc(C)c(Br)c(C)c1C. The molecule has 2 aromatic rings. The Kier molecular flexibility index (Phi) is 5.32. The van der Waals surface area contributed by atoms with Crippen molar-refractivity contribution in [2.45, 2.75) is 27.7 Å². The number of aryl methyl sites for hydroxylation is 2. The van der Waals surface area contributed by atoms with Crippen molar-refractivity contribution < 1.29 is 14.3 Å². The van der Waals surface area contributed by atoms with E-state index in [9.17, 15) is 4.79 Å². The zero-order valence-corrected chi connectivity index (χ0v) is 15.9. The van der Waals surface area contributed by atoms with Gasteiger partial charge in [-0.1, -0.05) is 27.5 Å². The van der Waals surface area contributed by atoms with Crippen LogP contribution in [-0.4, -0.2) is 18.1 Å². The molecule has 0 unspecified atom stereocenters. The molecule has 0 spiro atoms. The summed E-state index contributed by atoms with van der Waals surface area (Å²) in [4.78, 5) is 16.3. The summed E-state index contributed by atoms with van der Waals surface area (Å²) in [5, 5.41) is 0.252. The van der Waals surface area contributed by atoms with E-state index in [0.717, 1.165) is 21.2 Å². The number of rotatable bonds is 3. The lowest BCUT2D eigenvalue weighted by molar-refractivity contribution is 0.0597. The number of halogens is 2. The lowest BCUT2D eigenvalue weighted by Crippen LogP contribution is -2.08. The van der Waals surface area contributed by atoms with Crippen molar-refractivity contribution in [1.29, 1.82) is 0 Å². The lowest BCUT2D eigenvalue weighted by Gasteiger charge is -2.16. The van der Waals surface area contributed by atoms with Crippen LogP contribution in [0, 0.1) is 27.7 Å². The number of hydrogen-bond donors (Lipinski definition) is 0. The highest BCUT2D eigenvalue weighted by atomic mass is 79.9. The Bertz CT molecular complexity index is 790. The van der Waals surface area contributed by atoms with Crippen LogP contribution in [0.15, 0.2) is 16.6 Å². The minimum absolute atomic E-state index is 0.123. The Hall–Kier alpha value is -1.59. The maximum absolute atomic E-state index is 12.0. The average Bonchev–Trinajstić information content (AvgIpc) is 2.49. The Labute approximate surface area is 148 Å². The number of hydrogen-bond acceptors (Lipinski definition) is 4. The van der Waals surface area contributed by atoms with Crippen molar-refractivity contribution in [3.05, 3.63) is 49.6 Å². The molecule has 0 fully saturated rings. The van der Waals surface area contributed by atoms with E-state index in [1.165, 1.54) is 7.11 Å². The molecule has 4 nitrogen and oxygen atoms in total. The molecule has 0 saturated heterocycles. The number of esters is 1. The summed E-state index contributed by atoms with van der Waals surface area (Å²) < 4.78 is 11.7. The van der Waals surface area contributed by atoms with Gasteiger partial charge < -0.3 is 9.47 Å². The predicted octanol–water partition coefficient (Wildman–Crippen LogP) is 5.31. The highest BCUT2D eigenvalue weighted by Crippen LogP contribution is 2.36. The van der Waals surface area contributed by atoms with Crippen LogP contribution >= 0.6 is 27.5 Å². The van der Waals surface area contributed by atoms with Crippen LogP contribution in [0.2, 0.25) is 5.02 Å². The van der Waals surface area contributed by atoms with Crippen molar-refractivity contribution in [3.63, 3.8) is 0 Å². The number of carbonyl (C=O) groups is 1. The molecule has 0 saturated carbocycles. The summed E-state index contributed by atoms with van der Waals surface area (Å²) in [6.07, 6.45) is 0. The Morgan fingerprint density at radius 2 is 1.83 bits per heavy atom. The highest BCUT2D eigenvalue weighted by molar-refractivity contribution is 9.10. The molecule has 0 aliphatic rings. The first-order valence-electron chi connectivity index (χ1n) is 6.95. The second-order valence-electron chi connectivity index (χ2n) is 5.27. The number of ether oxygens (including phenoxy) is 2. The van der Waals surface area contributed by atoms with Gasteiger partial charge in [0, 0.05) is 10.2 Å². The van der Waals surface area contributed by atoms with Crippen molar-refractivity contribution >= 4 is 33.5 Å². The number of pyridine rings is 1. The van der Waals surface area contributed by atoms with E-state index < -0.39 is 5.97 Å². The molecular weight excluding hydrogens is 382 g/mol. The summed E-state index contributed by atoms with van der Waals surface area (Å²) in [5.74, 6) is 0.189. The summed E-state index contributed by atoms with van der Waals surface area (Å²) in [6.45, 7) is 7.70. The van der Waals surface area contributed by atoms with E-state index in [0.29, 0.717) is 11.4 Å². The minimum atomic E-state index is -0.583. The highest BCUT2D eigenvalue weighted by Gasteiger charge is 2.22. The number of benzene rings is 1. The van der Waals surface area contributed by atoms with Gasteiger partial charge in [-0.15, -0.1) is 0 Å². The lowest BCUT2D eigenvalue weighted by atomic mass is 10.1. The van der Waals surface area contributed by atoms with Gasteiger partial charge in [-0.05, 0) is 56.5 Å². The standard InChI is InChI=1S/C17H17BrClNO3/c1-8-6-13(10(3)11(4)15(8)18)23-16-14(17(21)22-5)12(19)7-9(2)20-16/h6-7H,1-5H3. The molecule has 0 radical (unpaired) electrons. The molecule has 0 amide bonds. The fourth-order valence-electron chi connectivity index (χ4n) is 2.19. The first-order chi connectivity index (χ1) is 10.8. The van der Waals surface area contributed by atoms with Crippen molar-refractivity contribution in [2.24, 2.45) is 0 Å². The molecule has 6 heteroatoms. The first-order valence-corrected chi connectivity index (χ1v) is 8.13. The van der Waals surface area contributed by atoms with Crippen LogP contribution in [0.4, 0.5) is 0 Å². The molecule has 0 bridgehead atoms. The number of aromatic nitrogens is 1. The van der Waals surface area contributed by atoms with Gasteiger partial charge in [0.05, 0.1) is 12.1 Å². The molecule has 0 aliphatic heterocycles. The van der Waals surface area contributed by atoms with Gasteiger partial charge >= 0.3 is 5.97 Å². The van der Waals surface area contributed by atoms with Crippen molar-refractivity contribution in [2.75, 3.05) is 7.11 Å². The summed E-state index contributed by atoms with van der Waals surface area (Å²) in [7, 11) is 1.29. The zero-order chi connectivity index (χ0) is 17.3. The summed E-state index contributed by atoms with van der Waals surface area (Å²) >= 11 is 9.73. The maximum atomic E-state index is 12.0. The normalized spacial score (nSPS) is 10.6. The van der Waals surface area contributed by atoms with E-state index in [-0.39, 0.29) is 16.5 Å². The molecule has 1 aromatic heterocycles. The van der Waals surface area contributed by atoms with Gasteiger partial charge in [-0.2, -0.15) is 0 Å². The second-order valence-corrected chi connectivity index (χ2v) is 6.48. The van der Waals surface area contributed by atoms with E-state index in [4.69, 9.17) is 21.1 Å². The third-order valence-electron chi connectivity index (χ3n) is 3.62. The van der Waals surface area contributed by atoms with Crippen LogP contribution in [0.25, 0.3) is 0 Å². The van der Waals surface area contributed by atoms with Gasteiger partial charge in [0.2, 0.25) is 5.88 Å². The zero-order valence-electron chi connectivity index (χ0n) is 13.6. The largest absolute Gasteiger partial charge is 0.465 e. The van der Waals surface area contributed by atoms with Crippen molar-refractivity contribution in [1.82, 2.24) is 4.98 Å². The van der Waals surface area contributed by atoms with E-state index >= 15 is 0 Å². The Balaban J connectivity index is 2.59. The predicted molar refractivity (Wildman–Crippen MR) is 93.8 cm³/mol. The van der Waals surface area contributed by atoms with Crippen LogP contribution in [-0.2, 0) is 4.74 Å². The van der Waals surface area contributed by atoms with Crippen LogP contribution in [0.1, 0.15) is 32.7 Å². The van der Waals surface area contributed by atoms with E-state index in [2.05, 4.69) is 20.9 Å².